The van der Waals surface area contributed by atoms with Crippen LogP contribution in [0.25, 0.3) is 0 Å². The molecule has 1 saturated carbocycles. The fourth-order valence-electron chi connectivity index (χ4n) is 1.40. The number of hydrogen-bond acceptors (Lipinski definition) is 4. The maximum absolute atomic E-state index is 11.1. The molecule has 0 saturated heterocycles. The van der Waals surface area contributed by atoms with Crippen LogP contribution in [-0.2, 0) is 19.1 Å². The van der Waals surface area contributed by atoms with Gasteiger partial charge in [0.15, 0.2) is 0 Å². The van der Waals surface area contributed by atoms with E-state index in [9.17, 15) is 9.59 Å². The van der Waals surface area contributed by atoms with Crippen LogP contribution in [0.4, 0.5) is 0 Å². The summed E-state index contributed by atoms with van der Waals surface area (Å²) in [6, 6.07) is 0. The summed E-state index contributed by atoms with van der Waals surface area (Å²) < 4.78 is 8.91. The molecule has 1 aliphatic rings. The summed E-state index contributed by atoms with van der Waals surface area (Å²) >= 11 is 0. The number of carbonyl (C=O) groups is 2. The highest BCUT2D eigenvalue weighted by atomic mass is 16.7. The summed E-state index contributed by atoms with van der Waals surface area (Å²) in [4.78, 5) is 20.8. The maximum atomic E-state index is 11.1. The average Bonchev–Trinajstić information content (AvgIpc) is 2.56. The summed E-state index contributed by atoms with van der Waals surface area (Å²) in [5, 5.41) is 0. The molecule has 68 valence electrons. The number of hydrogen-bond donors (Lipinski definition) is 0. The molecule has 0 amide bonds. The minimum absolute atomic E-state index is 0.0280. The Labute approximate surface area is 70.8 Å². The van der Waals surface area contributed by atoms with Crippen LogP contribution in [-0.4, -0.2) is 19.2 Å². The summed E-state index contributed by atoms with van der Waals surface area (Å²) in [6.07, 6.45) is 3.99. The molecular weight excluding hydrogens is 160 g/mol. The standard InChI is InChI=1S/C8H12O4/c9-5-11-6-12-8(10)7-3-1-2-4-7/h5,7H,1-4,6H2. The summed E-state index contributed by atoms with van der Waals surface area (Å²) in [7, 11) is 0. The van der Waals surface area contributed by atoms with Gasteiger partial charge >= 0.3 is 5.97 Å². The van der Waals surface area contributed by atoms with Crippen LogP contribution in [0.1, 0.15) is 25.7 Å². The van der Waals surface area contributed by atoms with Gasteiger partial charge in [0, 0.05) is 0 Å². The van der Waals surface area contributed by atoms with E-state index in [1.54, 1.807) is 0 Å². The third-order valence-electron chi connectivity index (χ3n) is 2.03. The zero-order valence-electron chi connectivity index (χ0n) is 6.82. The first-order chi connectivity index (χ1) is 5.84. The normalized spacial score (nSPS) is 17.3. The topological polar surface area (TPSA) is 52.6 Å². The van der Waals surface area contributed by atoms with Crippen molar-refractivity contribution in [3.63, 3.8) is 0 Å². The van der Waals surface area contributed by atoms with Gasteiger partial charge in [-0.25, -0.2) is 0 Å². The van der Waals surface area contributed by atoms with Crippen molar-refractivity contribution in [3.05, 3.63) is 0 Å². The molecule has 0 aromatic carbocycles. The highest BCUT2D eigenvalue weighted by molar-refractivity contribution is 5.72. The van der Waals surface area contributed by atoms with E-state index in [0.717, 1.165) is 25.7 Å². The zero-order valence-corrected chi connectivity index (χ0v) is 6.82. The molecule has 0 aromatic rings. The third-order valence-corrected chi connectivity index (χ3v) is 2.03. The van der Waals surface area contributed by atoms with Gasteiger partial charge in [-0.1, -0.05) is 12.8 Å². The van der Waals surface area contributed by atoms with Gasteiger partial charge in [0.2, 0.25) is 6.79 Å². The molecule has 4 heteroatoms. The van der Waals surface area contributed by atoms with Crippen molar-refractivity contribution in [1.29, 1.82) is 0 Å². The first-order valence-corrected chi connectivity index (χ1v) is 4.06. The second-order valence-corrected chi connectivity index (χ2v) is 2.83. The van der Waals surface area contributed by atoms with E-state index in [1.807, 2.05) is 0 Å². The van der Waals surface area contributed by atoms with Gasteiger partial charge in [-0.3, -0.25) is 9.59 Å². The second-order valence-electron chi connectivity index (χ2n) is 2.83. The van der Waals surface area contributed by atoms with E-state index < -0.39 is 0 Å². The first-order valence-electron chi connectivity index (χ1n) is 4.06. The summed E-state index contributed by atoms with van der Waals surface area (Å²) in [5.41, 5.74) is 0. The Bertz CT molecular complexity index is 160. The average molecular weight is 172 g/mol. The molecule has 0 aliphatic heterocycles. The molecule has 1 aliphatic carbocycles. The van der Waals surface area contributed by atoms with E-state index in [2.05, 4.69) is 9.47 Å². The number of carbonyl (C=O) groups excluding carboxylic acids is 2. The van der Waals surface area contributed by atoms with Crippen molar-refractivity contribution in [2.45, 2.75) is 25.7 Å². The molecule has 1 fully saturated rings. The third kappa shape index (κ3) is 2.53. The van der Waals surface area contributed by atoms with E-state index in [-0.39, 0.29) is 25.2 Å². The van der Waals surface area contributed by atoms with Crippen LogP contribution >= 0.6 is 0 Å². The van der Waals surface area contributed by atoms with Crippen molar-refractivity contribution in [1.82, 2.24) is 0 Å². The molecule has 0 heterocycles. The molecule has 0 N–H and O–H groups in total. The number of ether oxygens (including phenoxy) is 2. The summed E-state index contributed by atoms with van der Waals surface area (Å²) in [5.74, 6) is -0.213. The molecule has 0 aromatic heterocycles. The molecule has 0 spiro atoms. The highest BCUT2D eigenvalue weighted by Crippen LogP contribution is 2.25. The van der Waals surface area contributed by atoms with Gasteiger partial charge in [-0.05, 0) is 12.8 Å². The van der Waals surface area contributed by atoms with Gasteiger partial charge in [-0.15, -0.1) is 0 Å². The predicted octanol–water partition coefficient (Wildman–Crippen LogP) is 0.850. The largest absolute Gasteiger partial charge is 0.430 e. The minimum Gasteiger partial charge on any atom is -0.430 e. The molecule has 0 atom stereocenters. The van der Waals surface area contributed by atoms with E-state index in [1.165, 1.54) is 0 Å². The van der Waals surface area contributed by atoms with Gasteiger partial charge < -0.3 is 9.47 Å². The Balaban J connectivity index is 2.14. The SMILES string of the molecule is O=COCOC(=O)C1CCCC1. The van der Waals surface area contributed by atoms with Gasteiger partial charge in [0.25, 0.3) is 6.47 Å². The van der Waals surface area contributed by atoms with Crippen LogP contribution in [0.15, 0.2) is 0 Å². The Hall–Kier alpha value is -1.06. The Kier molecular flexibility index (Phi) is 3.57. The molecule has 4 nitrogen and oxygen atoms in total. The van der Waals surface area contributed by atoms with Crippen molar-refractivity contribution < 1.29 is 19.1 Å². The predicted molar refractivity (Wildman–Crippen MR) is 40.1 cm³/mol. The van der Waals surface area contributed by atoms with Crippen molar-refractivity contribution >= 4 is 12.4 Å². The molecule has 12 heavy (non-hydrogen) atoms. The Morgan fingerprint density at radius 2 is 2.08 bits per heavy atom. The molecule has 1 rings (SSSR count). The lowest BCUT2D eigenvalue weighted by atomic mass is 10.1. The zero-order chi connectivity index (χ0) is 8.81. The van der Waals surface area contributed by atoms with E-state index in [4.69, 9.17) is 0 Å². The number of esters is 1. The highest BCUT2D eigenvalue weighted by Gasteiger charge is 2.23. The van der Waals surface area contributed by atoms with Crippen LogP contribution in [0, 0.1) is 5.92 Å². The van der Waals surface area contributed by atoms with Gasteiger partial charge in [0.05, 0.1) is 5.92 Å². The van der Waals surface area contributed by atoms with Crippen molar-refractivity contribution in [3.8, 4) is 0 Å². The quantitative estimate of drug-likeness (QED) is 0.273. The van der Waals surface area contributed by atoms with Crippen LogP contribution in [0.5, 0.6) is 0 Å². The van der Waals surface area contributed by atoms with E-state index >= 15 is 0 Å². The molecule has 0 unspecified atom stereocenters. The van der Waals surface area contributed by atoms with E-state index in [0.29, 0.717) is 0 Å². The lowest BCUT2D eigenvalue weighted by molar-refractivity contribution is -0.163. The maximum Gasteiger partial charge on any atom is 0.311 e. The first kappa shape index (κ1) is 9.03. The van der Waals surface area contributed by atoms with Crippen molar-refractivity contribution in [2.75, 3.05) is 6.79 Å². The van der Waals surface area contributed by atoms with Crippen LogP contribution in [0.2, 0.25) is 0 Å². The smallest absolute Gasteiger partial charge is 0.311 e. The lowest BCUT2D eigenvalue weighted by Gasteiger charge is -2.07. The lowest BCUT2D eigenvalue weighted by Crippen LogP contribution is -2.16. The number of rotatable bonds is 4. The Morgan fingerprint density at radius 1 is 1.42 bits per heavy atom. The fourth-order valence-corrected chi connectivity index (χ4v) is 1.40. The fraction of sp³-hybridized carbons (Fsp3) is 0.750. The van der Waals surface area contributed by atoms with Gasteiger partial charge in [0.1, 0.15) is 0 Å². The minimum atomic E-state index is -0.251. The second kappa shape index (κ2) is 4.74. The summed E-state index contributed by atoms with van der Waals surface area (Å²) in [6.45, 7) is 0.0146. The van der Waals surface area contributed by atoms with Crippen LogP contribution < -0.4 is 0 Å². The van der Waals surface area contributed by atoms with Crippen molar-refractivity contribution in [2.24, 2.45) is 5.92 Å². The molecule has 0 bridgehead atoms. The monoisotopic (exact) mass is 172 g/mol. The Morgan fingerprint density at radius 3 is 2.67 bits per heavy atom. The van der Waals surface area contributed by atoms with Gasteiger partial charge in [-0.2, -0.15) is 0 Å². The molecular formula is C8H12O4. The van der Waals surface area contributed by atoms with Crippen LogP contribution in [0.3, 0.4) is 0 Å². The molecule has 0 radical (unpaired) electrons.